The Morgan fingerprint density at radius 1 is 0.969 bits per heavy atom. The number of benzene rings is 1. The van der Waals surface area contributed by atoms with Crippen molar-refractivity contribution in [2.24, 2.45) is 5.92 Å². The third kappa shape index (κ3) is 4.71. The van der Waals surface area contributed by atoms with Gasteiger partial charge in [-0.25, -0.2) is 0 Å². The summed E-state index contributed by atoms with van der Waals surface area (Å²) >= 11 is 0. The third-order valence-electron chi connectivity index (χ3n) is 6.29. The van der Waals surface area contributed by atoms with E-state index in [1.54, 1.807) is 0 Å². The van der Waals surface area contributed by atoms with Crippen LogP contribution in [-0.2, 0) is 39.9 Å². The van der Waals surface area contributed by atoms with Crippen molar-refractivity contribution in [1.29, 1.82) is 0 Å². The molecule has 2 aliphatic heterocycles. The monoisotopic (exact) mass is 443 g/mol. The molecular formula is C24H29NO7. The van der Waals surface area contributed by atoms with Gasteiger partial charge < -0.3 is 18.9 Å². The van der Waals surface area contributed by atoms with Crippen molar-refractivity contribution in [3.05, 3.63) is 48.0 Å². The largest absolute Gasteiger partial charge is 0.463 e. The molecule has 172 valence electrons. The van der Waals surface area contributed by atoms with Gasteiger partial charge in [-0.1, -0.05) is 42.5 Å². The van der Waals surface area contributed by atoms with Gasteiger partial charge in [-0.2, -0.15) is 0 Å². The molecule has 8 heteroatoms. The lowest BCUT2D eigenvalue weighted by molar-refractivity contribution is -0.166. The summed E-state index contributed by atoms with van der Waals surface area (Å²) in [4.78, 5) is 37.6. The molecule has 4 rings (SSSR count). The second-order valence-electron chi connectivity index (χ2n) is 8.59. The van der Waals surface area contributed by atoms with Crippen molar-refractivity contribution in [2.45, 2.75) is 70.2 Å². The molecule has 3 aliphatic rings. The van der Waals surface area contributed by atoms with Crippen LogP contribution in [0.3, 0.4) is 0 Å². The fraction of sp³-hybridized carbons (Fsp3) is 0.542. The van der Waals surface area contributed by atoms with E-state index in [0.29, 0.717) is 0 Å². The van der Waals surface area contributed by atoms with Gasteiger partial charge in [0.05, 0.1) is 0 Å². The summed E-state index contributed by atoms with van der Waals surface area (Å²) < 4.78 is 22.7. The topological polar surface area (TPSA) is 91.4 Å². The van der Waals surface area contributed by atoms with Crippen LogP contribution < -0.4 is 0 Å². The molecule has 1 aromatic rings. The SMILES string of the molecule is CC(=O)OC[C@H]1O[C@@H]([C@@H]2[C@H]3C=C[C@H](C3)N2Cc2ccccc2)[C@@H](OC(C)=O)[C@@H]1OC(C)=O. The molecule has 0 aromatic heterocycles. The minimum atomic E-state index is -0.859. The number of hydrogen-bond donors (Lipinski definition) is 0. The highest BCUT2D eigenvalue weighted by Crippen LogP contribution is 2.44. The van der Waals surface area contributed by atoms with E-state index >= 15 is 0 Å². The first-order valence-electron chi connectivity index (χ1n) is 10.9. The van der Waals surface area contributed by atoms with Crippen LogP contribution in [-0.4, -0.2) is 65.9 Å². The number of rotatable bonds is 7. The molecule has 8 nitrogen and oxygen atoms in total. The zero-order valence-electron chi connectivity index (χ0n) is 18.5. The Morgan fingerprint density at radius 3 is 2.31 bits per heavy atom. The molecule has 2 saturated heterocycles. The van der Waals surface area contributed by atoms with Crippen LogP contribution in [0.1, 0.15) is 32.8 Å². The van der Waals surface area contributed by atoms with Crippen molar-refractivity contribution in [3.63, 3.8) is 0 Å². The number of carbonyl (C=O) groups excluding carboxylic acids is 3. The predicted molar refractivity (Wildman–Crippen MR) is 113 cm³/mol. The second kappa shape index (κ2) is 9.42. The first-order chi connectivity index (χ1) is 15.3. The first-order valence-corrected chi connectivity index (χ1v) is 10.9. The van der Waals surface area contributed by atoms with Crippen molar-refractivity contribution >= 4 is 17.9 Å². The maximum Gasteiger partial charge on any atom is 0.303 e. The van der Waals surface area contributed by atoms with E-state index in [9.17, 15) is 14.4 Å². The number of hydrogen-bond acceptors (Lipinski definition) is 8. The fourth-order valence-electron chi connectivity index (χ4n) is 5.15. The third-order valence-corrected chi connectivity index (χ3v) is 6.29. The number of fused-ring (bicyclic) bond motifs is 2. The minimum Gasteiger partial charge on any atom is -0.463 e. The molecule has 2 bridgehead atoms. The van der Waals surface area contributed by atoms with Crippen molar-refractivity contribution < 1.29 is 33.3 Å². The van der Waals surface area contributed by atoms with Gasteiger partial charge >= 0.3 is 17.9 Å². The standard InChI is InChI=1S/C24H29NO7/c1-14(26)29-13-20-22(30-15(2)27)24(31-16(3)28)23(32-20)21-18-9-10-19(11-18)25(21)12-17-7-5-4-6-8-17/h4-10,18-24H,11-13H2,1-3H3/t18-,19+,20+,21-,22+,23-,24-/m0/s1. The molecule has 0 unspecified atom stereocenters. The highest BCUT2D eigenvalue weighted by Gasteiger charge is 2.57. The lowest BCUT2D eigenvalue weighted by Crippen LogP contribution is -2.52. The summed E-state index contributed by atoms with van der Waals surface area (Å²) in [7, 11) is 0. The molecule has 2 heterocycles. The van der Waals surface area contributed by atoms with Crippen LogP contribution >= 0.6 is 0 Å². The van der Waals surface area contributed by atoms with Crippen LogP contribution in [0.5, 0.6) is 0 Å². The molecule has 0 saturated carbocycles. The van der Waals surface area contributed by atoms with Crippen LogP contribution in [0.25, 0.3) is 0 Å². The van der Waals surface area contributed by atoms with Gasteiger partial charge in [0, 0.05) is 39.4 Å². The number of carbonyl (C=O) groups is 3. The van der Waals surface area contributed by atoms with E-state index in [-0.39, 0.29) is 24.6 Å². The van der Waals surface area contributed by atoms with E-state index in [1.165, 1.54) is 26.3 Å². The molecule has 0 amide bonds. The highest BCUT2D eigenvalue weighted by atomic mass is 16.6. The van der Waals surface area contributed by atoms with Gasteiger partial charge in [0.25, 0.3) is 0 Å². The van der Waals surface area contributed by atoms with E-state index in [1.807, 2.05) is 18.2 Å². The van der Waals surface area contributed by atoms with Crippen LogP contribution in [0.2, 0.25) is 0 Å². The van der Waals surface area contributed by atoms with E-state index < -0.39 is 42.3 Å². The predicted octanol–water partition coefficient (Wildman–Crippen LogP) is 2.01. The number of nitrogens with zero attached hydrogens (tertiary/aromatic N) is 1. The smallest absolute Gasteiger partial charge is 0.303 e. The molecule has 0 spiro atoms. The highest BCUT2D eigenvalue weighted by molar-refractivity contribution is 5.68. The average molecular weight is 443 g/mol. The Hall–Kier alpha value is -2.71. The molecule has 1 aromatic carbocycles. The summed E-state index contributed by atoms with van der Waals surface area (Å²) in [6.45, 7) is 4.55. The molecule has 1 aliphatic carbocycles. The lowest BCUT2D eigenvalue weighted by Gasteiger charge is -2.38. The zero-order valence-corrected chi connectivity index (χ0v) is 18.5. The van der Waals surface area contributed by atoms with Crippen LogP contribution in [0, 0.1) is 5.92 Å². The average Bonchev–Trinajstić information content (AvgIpc) is 3.41. The van der Waals surface area contributed by atoms with Gasteiger partial charge in [-0.3, -0.25) is 19.3 Å². The lowest BCUT2D eigenvalue weighted by atomic mass is 9.92. The Labute approximate surface area is 187 Å². The minimum absolute atomic E-state index is 0.0741. The fourth-order valence-corrected chi connectivity index (χ4v) is 5.15. The van der Waals surface area contributed by atoms with Gasteiger partial charge in [0.2, 0.25) is 0 Å². The van der Waals surface area contributed by atoms with Crippen LogP contribution in [0.4, 0.5) is 0 Å². The van der Waals surface area contributed by atoms with Crippen LogP contribution in [0.15, 0.2) is 42.5 Å². The summed E-state index contributed by atoms with van der Waals surface area (Å²) in [6.07, 6.45) is 2.43. The Kier molecular flexibility index (Phi) is 6.62. The summed E-state index contributed by atoms with van der Waals surface area (Å²) in [6, 6.07) is 10.3. The van der Waals surface area contributed by atoms with Gasteiger partial charge in [0.15, 0.2) is 12.2 Å². The maximum atomic E-state index is 12.0. The summed E-state index contributed by atoms with van der Waals surface area (Å²) in [5.74, 6) is -1.24. The molecule has 0 radical (unpaired) electrons. The van der Waals surface area contributed by atoms with E-state index in [2.05, 4.69) is 29.2 Å². The Balaban J connectivity index is 1.63. The first kappa shape index (κ1) is 22.5. The molecule has 32 heavy (non-hydrogen) atoms. The molecule has 2 fully saturated rings. The van der Waals surface area contributed by atoms with E-state index in [0.717, 1.165) is 13.0 Å². The summed E-state index contributed by atoms with van der Waals surface area (Å²) in [5.41, 5.74) is 1.17. The van der Waals surface area contributed by atoms with Crippen molar-refractivity contribution in [2.75, 3.05) is 6.61 Å². The molecular weight excluding hydrogens is 414 g/mol. The Bertz CT molecular complexity index is 886. The maximum absolute atomic E-state index is 12.0. The molecule has 7 atom stereocenters. The van der Waals surface area contributed by atoms with Crippen molar-refractivity contribution in [1.82, 2.24) is 4.90 Å². The Morgan fingerprint density at radius 2 is 1.66 bits per heavy atom. The van der Waals surface area contributed by atoms with E-state index in [4.69, 9.17) is 18.9 Å². The van der Waals surface area contributed by atoms with Gasteiger partial charge in [0.1, 0.15) is 18.8 Å². The normalized spacial score (nSPS) is 33.3. The number of ether oxygens (including phenoxy) is 4. The quantitative estimate of drug-likeness (QED) is 0.359. The van der Waals surface area contributed by atoms with Gasteiger partial charge in [-0.15, -0.1) is 0 Å². The molecule has 0 N–H and O–H groups in total. The number of esters is 3. The number of likely N-dealkylation sites (tertiary alicyclic amines) is 1. The zero-order chi connectivity index (χ0) is 22.8. The van der Waals surface area contributed by atoms with Gasteiger partial charge in [-0.05, 0) is 17.9 Å². The van der Waals surface area contributed by atoms with Crippen molar-refractivity contribution in [3.8, 4) is 0 Å². The summed E-state index contributed by atoms with van der Waals surface area (Å²) in [5, 5.41) is 0. The second-order valence-corrected chi connectivity index (χ2v) is 8.59.